The molecule has 1 aromatic heterocycles. The van der Waals surface area contributed by atoms with Crippen LogP contribution < -0.4 is 10.0 Å². The number of hydrogen-bond acceptors (Lipinski definition) is 8. The smallest absolute Gasteiger partial charge is 0.321 e. The number of nitro benzene ring substituents is 1. The number of nitrogens with one attached hydrogen (secondary N) is 2. The molecule has 0 aliphatic heterocycles. The van der Waals surface area contributed by atoms with Crippen molar-refractivity contribution >= 4 is 27.4 Å². The lowest BCUT2D eigenvalue weighted by atomic mass is 10.2. The number of esters is 1. The van der Waals surface area contributed by atoms with E-state index in [4.69, 9.17) is 9.15 Å². The molecule has 10 nitrogen and oxygen atoms in total. The van der Waals surface area contributed by atoms with E-state index < -0.39 is 56.3 Å². The quantitative estimate of drug-likeness (QED) is 0.256. The van der Waals surface area contributed by atoms with Crippen LogP contribution in [0, 0.1) is 21.7 Å². The van der Waals surface area contributed by atoms with Crippen molar-refractivity contribution in [1.82, 2.24) is 4.72 Å². The number of sulfonamides is 1. The van der Waals surface area contributed by atoms with Crippen molar-refractivity contribution in [3.63, 3.8) is 0 Å². The highest BCUT2D eigenvalue weighted by atomic mass is 32.2. The highest BCUT2D eigenvalue weighted by molar-refractivity contribution is 7.89. The first-order valence-electron chi connectivity index (χ1n) is 9.30. The Hall–Kier alpha value is -3.84. The number of carbonyl (C=O) groups excluding carboxylic acids is 1. The van der Waals surface area contributed by atoms with Gasteiger partial charge < -0.3 is 14.5 Å². The Morgan fingerprint density at radius 3 is 2.64 bits per heavy atom. The first kappa shape index (κ1) is 23.8. The van der Waals surface area contributed by atoms with Crippen LogP contribution in [0.4, 0.5) is 20.2 Å². The van der Waals surface area contributed by atoms with Crippen molar-refractivity contribution in [3.05, 3.63) is 87.9 Å². The molecule has 0 aliphatic rings. The van der Waals surface area contributed by atoms with E-state index in [2.05, 4.69) is 5.32 Å². The normalized spacial score (nSPS) is 11.2. The van der Waals surface area contributed by atoms with Crippen LogP contribution in [0.1, 0.15) is 11.3 Å². The van der Waals surface area contributed by atoms with E-state index in [0.29, 0.717) is 5.76 Å². The molecule has 33 heavy (non-hydrogen) atoms. The Morgan fingerprint density at radius 1 is 1.15 bits per heavy atom. The van der Waals surface area contributed by atoms with Gasteiger partial charge in [-0.2, -0.15) is 4.72 Å². The number of carbonyl (C=O) groups is 1. The van der Waals surface area contributed by atoms with Gasteiger partial charge in [0.25, 0.3) is 5.69 Å². The molecule has 0 fully saturated rings. The predicted octanol–water partition coefficient (Wildman–Crippen LogP) is 3.10. The number of ether oxygens (including phenoxy) is 1. The van der Waals surface area contributed by atoms with Gasteiger partial charge in [-0.15, -0.1) is 0 Å². The number of anilines is 1. The minimum absolute atomic E-state index is 0.0619. The van der Waals surface area contributed by atoms with Crippen LogP contribution in [-0.4, -0.2) is 25.9 Å². The van der Waals surface area contributed by atoms with E-state index in [0.717, 1.165) is 18.2 Å². The highest BCUT2D eigenvalue weighted by Gasteiger charge is 2.22. The van der Waals surface area contributed by atoms with Crippen molar-refractivity contribution in [3.8, 4) is 0 Å². The molecular weight excluding hydrogens is 464 g/mol. The minimum atomic E-state index is -4.32. The third kappa shape index (κ3) is 6.11. The number of rotatable bonds is 10. The maximum Gasteiger partial charge on any atom is 0.321 e. The fourth-order valence-corrected chi connectivity index (χ4v) is 3.67. The molecule has 13 heteroatoms. The molecule has 0 spiro atoms. The standard InChI is InChI=1S/C20H17F2N3O7S/c21-16-5-1-3-13(20(16)22)12-32-19(26)11-24-33(29,30)15-6-7-17(18(9-15)25(27)28)23-10-14-4-2-8-31-14/h1-9,23-24H,10-12H2. The molecule has 174 valence electrons. The number of nitro groups is 1. The molecule has 3 aromatic rings. The van der Waals surface area contributed by atoms with Gasteiger partial charge in [0.05, 0.1) is 22.6 Å². The van der Waals surface area contributed by atoms with Gasteiger partial charge in [-0.25, -0.2) is 17.2 Å². The molecule has 0 bridgehead atoms. The lowest BCUT2D eigenvalue weighted by molar-refractivity contribution is -0.384. The number of furan rings is 1. The Morgan fingerprint density at radius 2 is 1.94 bits per heavy atom. The summed E-state index contributed by atoms with van der Waals surface area (Å²) in [5.74, 6) is -2.85. The van der Waals surface area contributed by atoms with Crippen LogP contribution in [0.15, 0.2) is 64.1 Å². The molecule has 0 radical (unpaired) electrons. The number of hydrogen-bond donors (Lipinski definition) is 2. The van der Waals surface area contributed by atoms with Gasteiger partial charge in [0.2, 0.25) is 10.0 Å². The van der Waals surface area contributed by atoms with Crippen molar-refractivity contribution in [1.29, 1.82) is 0 Å². The molecule has 0 unspecified atom stereocenters. The maximum absolute atomic E-state index is 13.6. The van der Waals surface area contributed by atoms with Crippen LogP contribution in [0.25, 0.3) is 0 Å². The van der Waals surface area contributed by atoms with Gasteiger partial charge in [0.1, 0.15) is 24.6 Å². The zero-order chi connectivity index (χ0) is 24.0. The van der Waals surface area contributed by atoms with E-state index >= 15 is 0 Å². The molecule has 2 N–H and O–H groups in total. The number of nitrogens with zero attached hydrogens (tertiary/aromatic N) is 1. The summed E-state index contributed by atoms with van der Waals surface area (Å²) in [6.45, 7) is -1.30. The van der Waals surface area contributed by atoms with Gasteiger partial charge in [0.15, 0.2) is 11.6 Å². The van der Waals surface area contributed by atoms with Crippen molar-refractivity contribution in [2.24, 2.45) is 0 Å². The second-order valence-corrected chi connectivity index (χ2v) is 8.33. The van der Waals surface area contributed by atoms with Crippen molar-refractivity contribution in [2.75, 3.05) is 11.9 Å². The van der Waals surface area contributed by atoms with Gasteiger partial charge in [-0.1, -0.05) is 12.1 Å². The van der Waals surface area contributed by atoms with E-state index in [9.17, 15) is 32.1 Å². The summed E-state index contributed by atoms with van der Waals surface area (Å²) in [4.78, 5) is 22.0. The number of benzene rings is 2. The minimum Gasteiger partial charge on any atom is -0.467 e. The lowest BCUT2D eigenvalue weighted by Crippen LogP contribution is -2.30. The van der Waals surface area contributed by atoms with E-state index in [1.165, 1.54) is 24.5 Å². The Labute approximate surface area is 186 Å². The fraction of sp³-hybridized carbons (Fsp3) is 0.150. The summed E-state index contributed by atoms with van der Waals surface area (Å²) in [5, 5.41) is 14.2. The van der Waals surface area contributed by atoms with Crippen LogP contribution in [0.3, 0.4) is 0 Å². The molecule has 1 heterocycles. The molecule has 3 rings (SSSR count). The topological polar surface area (TPSA) is 141 Å². The highest BCUT2D eigenvalue weighted by Crippen LogP contribution is 2.28. The summed E-state index contributed by atoms with van der Waals surface area (Å²) in [6, 6.07) is 9.79. The largest absolute Gasteiger partial charge is 0.467 e. The van der Waals surface area contributed by atoms with Gasteiger partial charge in [-0.3, -0.25) is 14.9 Å². The number of halogens is 2. The van der Waals surface area contributed by atoms with Gasteiger partial charge in [0, 0.05) is 11.6 Å². The SMILES string of the molecule is O=C(CNS(=O)(=O)c1ccc(NCc2ccco2)c([N+](=O)[O-])c1)OCc1cccc(F)c1F. The molecule has 0 aliphatic carbocycles. The Kier molecular flexibility index (Phi) is 7.35. The lowest BCUT2D eigenvalue weighted by Gasteiger charge is -2.10. The fourth-order valence-electron chi connectivity index (χ4n) is 2.68. The molecule has 0 atom stereocenters. The summed E-state index contributed by atoms with van der Waals surface area (Å²) in [6.07, 6.45) is 1.44. The second-order valence-electron chi connectivity index (χ2n) is 6.57. The van der Waals surface area contributed by atoms with Gasteiger partial charge in [-0.05, 0) is 30.3 Å². The average molecular weight is 481 g/mol. The molecule has 0 saturated carbocycles. The maximum atomic E-state index is 13.6. The first-order chi connectivity index (χ1) is 15.7. The van der Waals surface area contributed by atoms with E-state index in [-0.39, 0.29) is 17.8 Å². The summed E-state index contributed by atoms with van der Waals surface area (Å²) >= 11 is 0. The third-order valence-corrected chi connectivity index (χ3v) is 5.74. The Balaban J connectivity index is 1.63. The average Bonchev–Trinajstić information content (AvgIpc) is 3.31. The van der Waals surface area contributed by atoms with E-state index in [1.807, 2.05) is 4.72 Å². The van der Waals surface area contributed by atoms with Crippen LogP contribution >= 0.6 is 0 Å². The second kappa shape index (κ2) is 10.2. The summed E-state index contributed by atoms with van der Waals surface area (Å²) in [5.41, 5.74) is -0.667. The molecule has 0 saturated heterocycles. The van der Waals surface area contributed by atoms with Gasteiger partial charge >= 0.3 is 5.97 Å². The van der Waals surface area contributed by atoms with E-state index in [1.54, 1.807) is 12.1 Å². The zero-order valence-electron chi connectivity index (χ0n) is 16.8. The Bertz CT molecular complexity index is 1260. The van der Waals surface area contributed by atoms with Crippen LogP contribution in [-0.2, 0) is 32.7 Å². The van der Waals surface area contributed by atoms with Crippen molar-refractivity contribution < 1.29 is 36.1 Å². The summed E-state index contributed by atoms with van der Waals surface area (Å²) in [7, 11) is -4.32. The van der Waals surface area contributed by atoms with Crippen LogP contribution in [0.5, 0.6) is 0 Å². The summed E-state index contributed by atoms with van der Waals surface area (Å²) < 4.78 is 63.5. The third-order valence-electron chi connectivity index (χ3n) is 4.34. The zero-order valence-corrected chi connectivity index (χ0v) is 17.6. The first-order valence-corrected chi connectivity index (χ1v) is 10.8. The molecule has 2 aromatic carbocycles. The predicted molar refractivity (Wildman–Crippen MR) is 110 cm³/mol. The molecular formula is C20H17F2N3O7S. The van der Waals surface area contributed by atoms with Crippen molar-refractivity contribution in [2.45, 2.75) is 18.0 Å². The monoisotopic (exact) mass is 481 g/mol. The van der Waals surface area contributed by atoms with Crippen LogP contribution in [0.2, 0.25) is 0 Å². The molecule has 0 amide bonds.